The van der Waals surface area contributed by atoms with Gasteiger partial charge in [-0.1, -0.05) is 153 Å². The molecule has 4 saturated heterocycles. The van der Waals surface area contributed by atoms with E-state index in [1.165, 1.54) is 13.8 Å². The number of esters is 2. The zero-order chi connectivity index (χ0) is 52.3. The first-order valence-corrected chi connectivity index (χ1v) is 26.9. The monoisotopic (exact) mass is 1020 g/mol. The van der Waals surface area contributed by atoms with Crippen LogP contribution in [-0.2, 0) is 86.3 Å². The van der Waals surface area contributed by atoms with Crippen molar-refractivity contribution >= 4 is 11.9 Å². The first-order valence-electron chi connectivity index (χ1n) is 26.9. The molecule has 0 amide bonds. The molecule has 7 rings (SSSR count). The minimum atomic E-state index is -1.07. The largest absolute Gasteiger partial charge is 0.457 e. The predicted octanol–water partition coefficient (Wildman–Crippen LogP) is 10.2. The van der Waals surface area contributed by atoms with Crippen molar-refractivity contribution in [2.75, 3.05) is 6.61 Å². The van der Waals surface area contributed by atoms with Crippen molar-refractivity contribution in [3.05, 3.63) is 108 Å². The normalized spacial score (nSPS) is 37.3. The molecule has 14 heteroatoms. The second-order valence-corrected chi connectivity index (χ2v) is 21.2. The average Bonchev–Trinajstić information content (AvgIpc) is 3.38. The third kappa shape index (κ3) is 14.4. The van der Waals surface area contributed by atoms with Crippen LogP contribution in [0.3, 0.4) is 0 Å². The van der Waals surface area contributed by atoms with Crippen LogP contribution >= 0.6 is 0 Å². The van der Waals surface area contributed by atoms with Crippen LogP contribution in [0.2, 0.25) is 0 Å². The van der Waals surface area contributed by atoms with Gasteiger partial charge in [-0.3, -0.25) is 9.59 Å². The Morgan fingerprint density at radius 2 is 0.904 bits per heavy atom. The summed E-state index contributed by atoms with van der Waals surface area (Å²) in [6.45, 7) is 24.8. The zero-order valence-electron chi connectivity index (χ0n) is 45.2. The lowest BCUT2D eigenvalue weighted by Crippen LogP contribution is -2.64. The van der Waals surface area contributed by atoms with E-state index in [9.17, 15) is 9.59 Å². The van der Waals surface area contributed by atoms with E-state index >= 15 is 0 Å². The van der Waals surface area contributed by atoms with Crippen LogP contribution < -0.4 is 0 Å². The van der Waals surface area contributed by atoms with E-state index in [0.717, 1.165) is 29.5 Å². The Balaban J connectivity index is 1.27. The minimum Gasteiger partial charge on any atom is -0.457 e. The van der Waals surface area contributed by atoms with Crippen LogP contribution in [0.1, 0.15) is 113 Å². The zero-order valence-corrected chi connectivity index (χ0v) is 45.2. The van der Waals surface area contributed by atoms with Crippen LogP contribution in [0.4, 0.5) is 0 Å². The summed E-state index contributed by atoms with van der Waals surface area (Å²) in [5, 5.41) is 0. The van der Waals surface area contributed by atoms with Gasteiger partial charge in [0.25, 0.3) is 0 Å². The lowest BCUT2D eigenvalue weighted by Gasteiger charge is -2.52. The van der Waals surface area contributed by atoms with Crippen molar-refractivity contribution < 1.29 is 66.4 Å². The average molecular weight is 1020 g/mol. The van der Waals surface area contributed by atoms with Gasteiger partial charge in [0.15, 0.2) is 37.4 Å². The molecule has 0 radical (unpaired) electrons. The van der Waals surface area contributed by atoms with Gasteiger partial charge in [0.1, 0.15) is 12.2 Å². The second-order valence-electron chi connectivity index (χ2n) is 21.2. The minimum absolute atomic E-state index is 0.0544. The molecule has 0 spiro atoms. The van der Waals surface area contributed by atoms with Gasteiger partial charge in [0.05, 0.1) is 63.1 Å². The highest BCUT2D eigenvalue weighted by atomic mass is 16.8. The van der Waals surface area contributed by atoms with E-state index < -0.39 is 91.8 Å². The quantitative estimate of drug-likeness (QED) is 0.0933. The Hall–Kier alpha value is -3.80. The van der Waals surface area contributed by atoms with Gasteiger partial charge in [-0.25, -0.2) is 0 Å². The number of carbonyl (C=O) groups is 2. The molecule has 4 aliphatic heterocycles. The number of rotatable bonds is 21. The summed E-state index contributed by atoms with van der Waals surface area (Å²) in [6, 6.07) is 30.0. The molecular weight excluding hydrogens is 933 g/mol. The molecule has 0 saturated carbocycles. The molecular formula is C59H84O14. The molecule has 0 aliphatic carbocycles. The standard InChI is InChI=1S/C59H84O14/c1-13-47-34(3)36(5)53(66-42(11)60)57(68-47)65-41(10)50-40(9)52(73-58-54(67-43(12)61)37(6)35(4)48(14-2)69-58)55(63-31-45-26-20-16-21-27-45)59(71-50)72-51-38(7)39(8)56(64-32-46-28-22-17-23-29-46)70-49(51)33-62-30-44-24-18-15-19-25-44/h15-29,34-41,47-59H,13-14,30-33H2,1-12H3/t34-,35+,36-,37?,38+,39?,40+,41?,47?,48?,49?,50?,51-,52-,53?,54-,55?,56+,57-,58-,59-/m0/s1. The van der Waals surface area contributed by atoms with Gasteiger partial charge in [0, 0.05) is 37.5 Å². The molecule has 9 unspecified atom stereocenters. The molecule has 0 N–H and O–H groups in total. The molecule has 4 fully saturated rings. The number of hydrogen-bond donors (Lipinski definition) is 0. The Morgan fingerprint density at radius 3 is 1.42 bits per heavy atom. The van der Waals surface area contributed by atoms with Crippen molar-refractivity contribution in [1.82, 2.24) is 0 Å². The molecule has 4 aliphatic rings. The van der Waals surface area contributed by atoms with E-state index in [1.807, 2.05) is 105 Å². The summed E-state index contributed by atoms with van der Waals surface area (Å²) in [7, 11) is 0. The Labute approximate surface area is 434 Å². The number of ether oxygens (including phenoxy) is 12. The van der Waals surface area contributed by atoms with Crippen LogP contribution in [0.5, 0.6) is 0 Å². The lowest BCUT2D eigenvalue weighted by molar-refractivity contribution is -0.380. The summed E-state index contributed by atoms with van der Waals surface area (Å²) in [5.74, 6) is -1.50. The molecule has 21 atom stereocenters. The van der Waals surface area contributed by atoms with Crippen LogP contribution in [0, 0.1) is 41.4 Å². The highest BCUT2D eigenvalue weighted by Crippen LogP contribution is 2.43. The van der Waals surface area contributed by atoms with Gasteiger partial charge in [0.2, 0.25) is 0 Å². The Kier molecular flexibility index (Phi) is 20.9. The molecule has 14 nitrogen and oxygen atoms in total. The predicted molar refractivity (Wildman–Crippen MR) is 273 cm³/mol. The van der Waals surface area contributed by atoms with Gasteiger partial charge in [-0.15, -0.1) is 0 Å². The highest BCUT2D eigenvalue weighted by Gasteiger charge is 2.55. The number of benzene rings is 3. The Morgan fingerprint density at radius 1 is 0.466 bits per heavy atom. The molecule has 4 heterocycles. The first-order chi connectivity index (χ1) is 35.1. The maximum Gasteiger partial charge on any atom is 0.303 e. The molecule has 3 aromatic rings. The topological polar surface area (TPSA) is 145 Å². The van der Waals surface area contributed by atoms with E-state index in [2.05, 4.69) is 55.4 Å². The SMILES string of the molecule is CCC1O[C@@H](O[C@@H]2C(OCc3ccccc3)[C@H](O[C@@H]3C(COCc4ccccc4)O[C@@H](OCc4ccccc4)C(C)[C@H]3C)OC(C(C)O[C@H]3OC(CC)[C@@H](C)[C@H](C)C3OC(C)=O)[C@H]2C)[C@@H](OC(C)=O)C(C)[C@H]1C. The maximum atomic E-state index is 12.8. The molecule has 0 aromatic heterocycles. The Bertz CT molecular complexity index is 2110. The lowest BCUT2D eigenvalue weighted by atomic mass is 9.82. The van der Waals surface area contributed by atoms with Crippen molar-refractivity contribution in [2.24, 2.45) is 41.4 Å². The third-order valence-corrected chi connectivity index (χ3v) is 16.1. The molecule has 0 bridgehead atoms. The fourth-order valence-electron chi connectivity index (χ4n) is 11.2. The van der Waals surface area contributed by atoms with E-state index in [1.54, 1.807) is 0 Å². The van der Waals surface area contributed by atoms with Gasteiger partial charge in [-0.05, 0) is 54.2 Å². The summed E-state index contributed by atoms with van der Waals surface area (Å²) in [6.07, 6.45) is -7.84. The second kappa shape index (κ2) is 26.8. The van der Waals surface area contributed by atoms with Gasteiger partial charge in [-0.2, -0.15) is 0 Å². The van der Waals surface area contributed by atoms with Crippen LogP contribution in [-0.4, -0.2) is 105 Å². The molecule has 3 aromatic carbocycles. The van der Waals surface area contributed by atoms with Crippen LogP contribution in [0.15, 0.2) is 91.0 Å². The number of carbonyl (C=O) groups excluding carboxylic acids is 2. The van der Waals surface area contributed by atoms with Crippen molar-refractivity contribution in [1.29, 1.82) is 0 Å². The summed E-state index contributed by atoms with van der Waals surface area (Å²) < 4.78 is 81.4. The third-order valence-electron chi connectivity index (χ3n) is 16.1. The van der Waals surface area contributed by atoms with Gasteiger partial charge < -0.3 is 56.8 Å². The van der Waals surface area contributed by atoms with Gasteiger partial charge >= 0.3 is 11.9 Å². The fourth-order valence-corrected chi connectivity index (χ4v) is 11.2. The number of hydrogen-bond acceptors (Lipinski definition) is 14. The van der Waals surface area contributed by atoms with Crippen molar-refractivity contribution in [3.8, 4) is 0 Å². The van der Waals surface area contributed by atoms with Crippen molar-refractivity contribution in [2.45, 2.75) is 202 Å². The fraction of sp³-hybridized carbons (Fsp3) is 0.661. The summed E-state index contributed by atoms with van der Waals surface area (Å²) >= 11 is 0. The van der Waals surface area contributed by atoms with E-state index in [4.69, 9.17) is 56.8 Å². The maximum absolute atomic E-state index is 12.8. The summed E-state index contributed by atoms with van der Waals surface area (Å²) in [5.41, 5.74) is 3.01. The first kappa shape index (κ1) is 56.9. The van der Waals surface area contributed by atoms with Crippen LogP contribution in [0.25, 0.3) is 0 Å². The van der Waals surface area contributed by atoms with Crippen molar-refractivity contribution in [3.63, 3.8) is 0 Å². The molecule has 404 valence electrons. The molecule has 73 heavy (non-hydrogen) atoms. The highest BCUT2D eigenvalue weighted by molar-refractivity contribution is 5.66. The van der Waals surface area contributed by atoms with E-state index in [0.29, 0.717) is 13.2 Å². The van der Waals surface area contributed by atoms with E-state index in [-0.39, 0.29) is 60.9 Å². The summed E-state index contributed by atoms with van der Waals surface area (Å²) in [4.78, 5) is 25.4. The smallest absolute Gasteiger partial charge is 0.303 e.